The Hall–Kier alpha value is -2.11. The highest BCUT2D eigenvalue weighted by Crippen LogP contribution is 2.27. The molecule has 0 amide bonds. The van der Waals surface area contributed by atoms with Gasteiger partial charge in [0.25, 0.3) is 0 Å². The van der Waals surface area contributed by atoms with E-state index in [1.165, 1.54) is 24.3 Å². The number of carbonyl (C=O) groups excluding carboxylic acids is 1. The average Bonchev–Trinajstić information content (AvgIpc) is 2.83. The summed E-state index contributed by atoms with van der Waals surface area (Å²) in [5, 5.41) is 0. The first-order valence-electron chi connectivity index (χ1n) is 12.0. The molecule has 0 spiro atoms. The van der Waals surface area contributed by atoms with E-state index in [-0.39, 0.29) is 23.5 Å². The fraction of sp³-hybridized carbons (Fsp3) is 0.519. The lowest BCUT2D eigenvalue weighted by Crippen LogP contribution is -2.42. The van der Waals surface area contributed by atoms with E-state index in [1.54, 1.807) is 0 Å². The maximum Gasteiger partial charge on any atom is 0.139 e. The summed E-state index contributed by atoms with van der Waals surface area (Å²) in [6.45, 7) is 5.86. The van der Waals surface area contributed by atoms with Crippen molar-refractivity contribution in [3.63, 3.8) is 0 Å². The third-order valence-corrected chi connectivity index (χ3v) is 7.24. The summed E-state index contributed by atoms with van der Waals surface area (Å²) in [5.74, 6) is 0.542. The second kappa shape index (κ2) is 11.2. The van der Waals surface area contributed by atoms with Crippen molar-refractivity contribution in [1.29, 1.82) is 0 Å². The van der Waals surface area contributed by atoms with Crippen molar-refractivity contribution in [2.24, 2.45) is 11.8 Å². The molecule has 0 aliphatic carbocycles. The standard InChI is InChI=1S/C27H34F2N2O/c28-25-5-1-21(2-6-25)9-15-30-17-11-23(12-18-30)27(32)24-13-19-31(20-14-24)16-10-22-3-7-26(29)8-4-22/h1-8,23-24H,9-20H2. The quantitative estimate of drug-likeness (QED) is 0.592. The molecule has 5 heteroatoms. The highest BCUT2D eigenvalue weighted by Gasteiger charge is 2.32. The van der Waals surface area contributed by atoms with Gasteiger partial charge in [0.2, 0.25) is 0 Å². The van der Waals surface area contributed by atoms with Crippen LogP contribution in [0.1, 0.15) is 36.8 Å². The van der Waals surface area contributed by atoms with Gasteiger partial charge >= 0.3 is 0 Å². The van der Waals surface area contributed by atoms with Crippen LogP contribution < -0.4 is 0 Å². The Morgan fingerprint density at radius 1 is 0.656 bits per heavy atom. The van der Waals surface area contributed by atoms with Gasteiger partial charge in [0.1, 0.15) is 17.4 Å². The summed E-state index contributed by atoms with van der Waals surface area (Å²) in [6, 6.07) is 13.5. The molecule has 0 bridgehead atoms. The highest BCUT2D eigenvalue weighted by atomic mass is 19.1. The zero-order valence-electron chi connectivity index (χ0n) is 18.8. The van der Waals surface area contributed by atoms with Gasteiger partial charge in [-0.05, 0) is 100 Å². The maximum absolute atomic E-state index is 13.1. The normalized spacial score (nSPS) is 19.3. The predicted molar refractivity (Wildman–Crippen MR) is 124 cm³/mol. The number of nitrogens with zero attached hydrogens (tertiary/aromatic N) is 2. The molecule has 0 aromatic heterocycles. The van der Waals surface area contributed by atoms with Gasteiger partial charge in [-0.15, -0.1) is 0 Å². The Morgan fingerprint density at radius 3 is 1.34 bits per heavy atom. The van der Waals surface area contributed by atoms with E-state index in [0.717, 1.165) is 88.9 Å². The van der Waals surface area contributed by atoms with Crippen molar-refractivity contribution < 1.29 is 13.6 Å². The van der Waals surface area contributed by atoms with E-state index in [9.17, 15) is 13.6 Å². The molecule has 3 nitrogen and oxygen atoms in total. The highest BCUT2D eigenvalue weighted by molar-refractivity contribution is 5.83. The first-order chi connectivity index (χ1) is 15.6. The van der Waals surface area contributed by atoms with E-state index in [0.29, 0.717) is 5.78 Å². The van der Waals surface area contributed by atoms with Crippen molar-refractivity contribution in [2.75, 3.05) is 39.3 Å². The summed E-state index contributed by atoms with van der Waals surface area (Å²) in [4.78, 5) is 18.0. The Morgan fingerprint density at radius 2 is 1.00 bits per heavy atom. The van der Waals surface area contributed by atoms with E-state index in [2.05, 4.69) is 9.80 Å². The number of Topliss-reactive ketones (excluding diaryl/α,β-unsaturated/α-hetero) is 1. The predicted octanol–water partition coefficient (Wildman–Crippen LogP) is 4.74. The first kappa shape index (κ1) is 23.1. The SMILES string of the molecule is O=C(C1CCN(CCc2ccc(F)cc2)CC1)C1CCN(CCc2ccc(F)cc2)CC1. The molecule has 2 fully saturated rings. The Kier molecular flexibility index (Phi) is 8.04. The van der Waals surface area contributed by atoms with Crippen LogP contribution in [-0.2, 0) is 17.6 Å². The van der Waals surface area contributed by atoms with Crippen molar-refractivity contribution in [3.8, 4) is 0 Å². The van der Waals surface area contributed by atoms with E-state index in [4.69, 9.17) is 0 Å². The molecule has 0 N–H and O–H groups in total. The first-order valence-corrected chi connectivity index (χ1v) is 12.0. The van der Waals surface area contributed by atoms with E-state index < -0.39 is 0 Å². The monoisotopic (exact) mass is 440 g/mol. The van der Waals surface area contributed by atoms with Crippen LogP contribution >= 0.6 is 0 Å². The molecule has 0 atom stereocenters. The zero-order valence-corrected chi connectivity index (χ0v) is 18.8. The molecule has 32 heavy (non-hydrogen) atoms. The molecule has 4 rings (SSSR count). The molecule has 2 aromatic carbocycles. The maximum atomic E-state index is 13.1. The number of likely N-dealkylation sites (tertiary alicyclic amines) is 2. The van der Waals surface area contributed by atoms with Crippen molar-refractivity contribution in [1.82, 2.24) is 9.80 Å². The van der Waals surface area contributed by atoms with Gasteiger partial charge in [0.15, 0.2) is 0 Å². The Bertz CT molecular complexity index is 781. The zero-order chi connectivity index (χ0) is 22.3. The van der Waals surface area contributed by atoms with Gasteiger partial charge in [-0.2, -0.15) is 0 Å². The van der Waals surface area contributed by atoms with E-state index in [1.807, 2.05) is 24.3 Å². The topological polar surface area (TPSA) is 23.6 Å². The molecular weight excluding hydrogens is 406 g/mol. The number of ketones is 1. The number of halogens is 2. The molecule has 2 aliphatic rings. The fourth-order valence-corrected chi connectivity index (χ4v) is 5.09. The summed E-state index contributed by atoms with van der Waals surface area (Å²) >= 11 is 0. The summed E-state index contributed by atoms with van der Waals surface area (Å²) in [6.07, 6.45) is 5.71. The number of rotatable bonds is 8. The molecule has 0 saturated carbocycles. The van der Waals surface area contributed by atoms with Gasteiger partial charge in [0.05, 0.1) is 0 Å². The minimum atomic E-state index is -0.188. The Labute approximate surface area is 190 Å². The summed E-state index contributed by atoms with van der Waals surface area (Å²) in [5.41, 5.74) is 2.33. The second-order valence-corrected chi connectivity index (χ2v) is 9.39. The van der Waals surface area contributed by atoms with Crippen molar-refractivity contribution >= 4 is 5.78 Å². The van der Waals surface area contributed by atoms with Gasteiger partial charge in [-0.3, -0.25) is 4.79 Å². The molecule has 2 heterocycles. The third kappa shape index (κ3) is 6.46. The average molecular weight is 441 g/mol. The van der Waals surface area contributed by atoms with Crippen LogP contribution in [-0.4, -0.2) is 54.9 Å². The molecule has 0 radical (unpaired) electrons. The van der Waals surface area contributed by atoms with E-state index >= 15 is 0 Å². The molecule has 2 aliphatic heterocycles. The summed E-state index contributed by atoms with van der Waals surface area (Å²) < 4.78 is 26.1. The number of hydrogen-bond donors (Lipinski definition) is 0. The minimum Gasteiger partial charge on any atom is -0.303 e. The van der Waals surface area contributed by atoms with Crippen LogP contribution in [0.25, 0.3) is 0 Å². The van der Waals surface area contributed by atoms with Crippen LogP contribution in [0.4, 0.5) is 8.78 Å². The van der Waals surface area contributed by atoms with Crippen molar-refractivity contribution in [3.05, 3.63) is 71.3 Å². The molecular formula is C27H34F2N2O. The lowest BCUT2D eigenvalue weighted by atomic mass is 9.81. The molecule has 2 aromatic rings. The minimum absolute atomic E-state index is 0.188. The number of carbonyl (C=O) groups is 1. The molecule has 2 saturated heterocycles. The van der Waals surface area contributed by atoms with Crippen LogP contribution in [0.15, 0.2) is 48.5 Å². The molecule has 172 valence electrons. The second-order valence-electron chi connectivity index (χ2n) is 9.39. The van der Waals surface area contributed by atoms with Gasteiger partial charge in [-0.1, -0.05) is 24.3 Å². The lowest BCUT2D eigenvalue weighted by Gasteiger charge is -2.36. The largest absolute Gasteiger partial charge is 0.303 e. The van der Waals surface area contributed by atoms with Crippen LogP contribution in [0, 0.1) is 23.5 Å². The lowest BCUT2D eigenvalue weighted by molar-refractivity contribution is -0.129. The van der Waals surface area contributed by atoms with Gasteiger partial charge < -0.3 is 9.80 Å². The fourth-order valence-electron chi connectivity index (χ4n) is 5.09. The molecule has 0 unspecified atom stereocenters. The number of hydrogen-bond acceptors (Lipinski definition) is 3. The van der Waals surface area contributed by atoms with Crippen molar-refractivity contribution in [2.45, 2.75) is 38.5 Å². The summed E-state index contributed by atoms with van der Waals surface area (Å²) in [7, 11) is 0. The van der Waals surface area contributed by atoms with Crippen LogP contribution in [0.2, 0.25) is 0 Å². The van der Waals surface area contributed by atoms with Gasteiger partial charge in [-0.25, -0.2) is 8.78 Å². The van der Waals surface area contributed by atoms with Crippen LogP contribution in [0.3, 0.4) is 0 Å². The Balaban J connectivity index is 1.14. The smallest absolute Gasteiger partial charge is 0.139 e. The third-order valence-electron chi connectivity index (χ3n) is 7.24. The van der Waals surface area contributed by atoms with Crippen LogP contribution in [0.5, 0.6) is 0 Å². The van der Waals surface area contributed by atoms with Gasteiger partial charge in [0, 0.05) is 24.9 Å². The number of benzene rings is 2. The number of piperidine rings is 2.